The molecule has 1 aromatic heterocycles. The van der Waals surface area contributed by atoms with Crippen molar-refractivity contribution in [2.75, 3.05) is 41.4 Å². The van der Waals surface area contributed by atoms with E-state index in [1.54, 1.807) is 14.2 Å². The van der Waals surface area contributed by atoms with Crippen molar-refractivity contribution in [3.05, 3.63) is 42.0 Å². The Morgan fingerprint density at radius 3 is 2.64 bits per heavy atom. The van der Waals surface area contributed by atoms with Crippen LogP contribution in [0.15, 0.2) is 35.6 Å². The number of benzene rings is 1. The highest BCUT2D eigenvalue weighted by Crippen LogP contribution is 2.27. The largest absolute Gasteiger partial charge is 0.493 e. The van der Waals surface area contributed by atoms with E-state index in [0.717, 1.165) is 62.2 Å². The van der Waals surface area contributed by atoms with E-state index in [0.29, 0.717) is 0 Å². The van der Waals surface area contributed by atoms with Gasteiger partial charge in [-0.25, -0.2) is 4.98 Å². The van der Waals surface area contributed by atoms with Gasteiger partial charge in [-0.15, -0.1) is 0 Å². The first-order valence-corrected chi connectivity index (χ1v) is 9.69. The predicted molar refractivity (Wildman–Crippen MR) is 113 cm³/mol. The highest BCUT2D eigenvalue weighted by molar-refractivity contribution is 5.79. The molecule has 1 heterocycles. The molecule has 28 heavy (non-hydrogen) atoms. The van der Waals surface area contributed by atoms with Gasteiger partial charge in [-0.1, -0.05) is 6.07 Å². The first-order chi connectivity index (χ1) is 13.6. The fourth-order valence-electron chi connectivity index (χ4n) is 3.07. The van der Waals surface area contributed by atoms with E-state index < -0.39 is 0 Å². The number of imidazole rings is 1. The fourth-order valence-corrected chi connectivity index (χ4v) is 3.07. The van der Waals surface area contributed by atoms with Crippen molar-refractivity contribution < 1.29 is 9.47 Å². The smallest absolute Gasteiger partial charge is 0.193 e. The van der Waals surface area contributed by atoms with Gasteiger partial charge in [-0.05, 0) is 43.9 Å². The quantitative estimate of drug-likeness (QED) is 0.386. The maximum Gasteiger partial charge on any atom is 0.193 e. The molecule has 7 heteroatoms. The van der Waals surface area contributed by atoms with Crippen LogP contribution in [0.5, 0.6) is 11.5 Å². The van der Waals surface area contributed by atoms with E-state index >= 15 is 0 Å². The molecule has 1 aromatic carbocycles. The maximum atomic E-state index is 5.38. The molecule has 0 unspecified atom stereocenters. The average Bonchev–Trinajstić information content (AvgIpc) is 3.13. The van der Waals surface area contributed by atoms with Crippen LogP contribution in [0.25, 0.3) is 0 Å². The number of ether oxygens (including phenoxy) is 2. The van der Waals surface area contributed by atoms with E-state index in [2.05, 4.69) is 37.9 Å². The molecule has 0 aliphatic rings. The molecule has 0 atom stereocenters. The lowest BCUT2D eigenvalue weighted by molar-refractivity contribution is 0.354. The summed E-state index contributed by atoms with van der Waals surface area (Å²) in [5, 5.41) is 3.45. The molecule has 154 valence electrons. The monoisotopic (exact) mass is 387 g/mol. The zero-order chi connectivity index (χ0) is 20.4. The third-order valence-electron chi connectivity index (χ3n) is 4.79. The number of methoxy groups -OCH3 is 2. The number of unbranched alkanes of at least 4 members (excludes halogenated alkanes) is 1. The molecule has 0 aliphatic heterocycles. The Kier molecular flexibility index (Phi) is 8.65. The summed E-state index contributed by atoms with van der Waals surface area (Å²) in [6.07, 6.45) is 6.97. The lowest BCUT2D eigenvalue weighted by atomic mass is 10.1. The fraction of sp³-hybridized carbons (Fsp3) is 0.524. The first-order valence-electron chi connectivity index (χ1n) is 9.69. The molecule has 0 saturated heterocycles. The minimum Gasteiger partial charge on any atom is -0.493 e. The van der Waals surface area contributed by atoms with Crippen LogP contribution in [-0.4, -0.2) is 61.8 Å². The van der Waals surface area contributed by atoms with Crippen molar-refractivity contribution in [1.82, 2.24) is 19.8 Å². The Balaban J connectivity index is 1.74. The van der Waals surface area contributed by atoms with E-state index in [1.807, 2.05) is 38.5 Å². The van der Waals surface area contributed by atoms with Crippen LogP contribution in [0.3, 0.4) is 0 Å². The topological polar surface area (TPSA) is 63.9 Å². The van der Waals surface area contributed by atoms with Crippen molar-refractivity contribution in [3.63, 3.8) is 0 Å². The van der Waals surface area contributed by atoms with Crippen molar-refractivity contribution in [2.24, 2.45) is 4.99 Å². The standard InChI is InChI=1S/C21H33N5O2/c1-17-23-12-15-26(17)13-7-6-11-24-21(22-2)25(3)14-10-18-8-9-19(27-4)20(16-18)28-5/h8-9,12,15-16H,6-7,10-11,13-14H2,1-5H3,(H,22,24). The van der Waals surface area contributed by atoms with Gasteiger partial charge in [-0.3, -0.25) is 4.99 Å². The van der Waals surface area contributed by atoms with Crippen molar-refractivity contribution in [2.45, 2.75) is 32.7 Å². The molecule has 0 aliphatic carbocycles. The van der Waals surface area contributed by atoms with E-state index in [4.69, 9.17) is 9.47 Å². The summed E-state index contributed by atoms with van der Waals surface area (Å²) in [5.41, 5.74) is 1.20. The van der Waals surface area contributed by atoms with Gasteiger partial charge >= 0.3 is 0 Å². The Morgan fingerprint density at radius 2 is 2.00 bits per heavy atom. The van der Waals surface area contributed by atoms with Gasteiger partial charge < -0.3 is 24.3 Å². The summed E-state index contributed by atoms with van der Waals surface area (Å²) in [5.74, 6) is 3.50. The SMILES string of the molecule is CN=C(NCCCCn1ccnc1C)N(C)CCc1ccc(OC)c(OC)c1. The van der Waals surface area contributed by atoms with Gasteiger partial charge in [0.1, 0.15) is 5.82 Å². The summed E-state index contributed by atoms with van der Waals surface area (Å²) in [7, 11) is 7.19. The third kappa shape index (κ3) is 6.18. The number of aliphatic imine (C=N–C) groups is 1. The van der Waals surface area contributed by atoms with Gasteiger partial charge in [0.05, 0.1) is 14.2 Å². The van der Waals surface area contributed by atoms with Crippen molar-refractivity contribution >= 4 is 5.96 Å². The highest BCUT2D eigenvalue weighted by atomic mass is 16.5. The number of likely N-dealkylation sites (N-methyl/N-ethyl adjacent to an activating group) is 1. The van der Waals surface area contributed by atoms with Crippen LogP contribution in [0.1, 0.15) is 24.2 Å². The Morgan fingerprint density at radius 1 is 1.21 bits per heavy atom. The Bertz CT molecular complexity index is 757. The van der Waals surface area contributed by atoms with Crippen molar-refractivity contribution in [3.8, 4) is 11.5 Å². The van der Waals surface area contributed by atoms with E-state index in [1.165, 1.54) is 5.56 Å². The number of aromatic nitrogens is 2. The van der Waals surface area contributed by atoms with E-state index in [9.17, 15) is 0 Å². The first kappa shape index (κ1) is 21.6. The van der Waals surface area contributed by atoms with Crippen LogP contribution in [-0.2, 0) is 13.0 Å². The molecule has 1 N–H and O–H groups in total. The highest BCUT2D eigenvalue weighted by Gasteiger charge is 2.08. The minimum atomic E-state index is 0.753. The zero-order valence-corrected chi connectivity index (χ0v) is 17.7. The number of aryl methyl sites for hydroxylation is 2. The number of nitrogens with zero attached hydrogens (tertiary/aromatic N) is 4. The van der Waals surface area contributed by atoms with Gasteiger partial charge in [-0.2, -0.15) is 0 Å². The minimum absolute atomic E-state index is 0.753. The number of rotatable bonds is 10. The summed E-state index contributed by atoms with van der Waals surface area (Å²) >= 11 is 0. The molecule has 2 rings (SSSR count). The second kappa shape index (κ2) is 11.2. The van der Waals surface area contributed by atoms with Gasteiger partial charge in [0, 0.05) is 46.1 Å². The predicted octanol–water partition coefficient (Wildman–Crippen LogP) is 2.74. The van der Waals surface area contributed by atoms with Crippen LogP contribution >= 0.6 is 0 Å². The molecular weight excluding hydrogens is 354 g/mol. The average molecular weight is 388 g/mol. The van der Waals surface area contributed by atoms with Gasteiger partial charge in [0.25, 0.3) is 0 Å². The van der Waals surface area contributed by atoms with Crippen LogP contribution in [0, 0.1) is 6.92 Å². The zero-order valence-electron chi connectivity index (χ0n) is 17.7. The van der Waals surface area contributed by atoms with E-state index in [-0.39, 0.29) is 0 Å². The lowest BCUT2D eigenvalue weighted by Crippen LogP contribution is -2.40. The van der Waals surface area contributed by atoms with Gasteiger partial charge in [0.2, 0.25) is 0 Å². The Hall–Kier alpha value is -2.70. The second-order valence-corrected chi connectivity index (χ2v) is 6.71. The third-order valence-corrected chi connectivity index (χ3v) is 4.79. The van der Waals surface area contributed by atoms with Gasteiger partial charge in [0.15, 0.2) is 17.5 Å². The van der Waals surface area contributed by atoms with Crippen LogP contribution in [0.4, 0.5) is 0 Å². The summed E-state index contributed by atoms with van der Waals surface area (Å²) in [4.78, 5) is 10.8. The second-order valence-electron chi connectivity index (χ2n) is 6.71. The molecule has 0 saturated carbocycles. The summed E-state index contributed by atoms with van der Waals surface area (Å²) in [6, 6.07) is 6.05. The summed E-state index contributed by atoms with van der Waals surface area (Å²) < 4.78 is 12.9. The lowest BCUT2D eigenvalue weighted by Gasteiger charge is -2.22. The molecule has 0 fully saturated rings. The van der Waals surface area contributed by atoms with Crippen LogP contribution < -0.4 is 14.8 Å². The Labute approximate surface area is 168 Å². The molecule has 7 nitrogen and oxygen atoms in total. The number of guanidine groups is 1. The molecule has 0 amide bonds. The molecule has 0 spiro atoms. The molecule has 0 radical (unpaired) electrons. The van der Waals surface area contributed by atoms with Crippen LogP contribution in [0.2, 0.25) is 0 Å². The number of hydrogen-bond acceptors (Lipinski definition) is 4. The molecule has 0 bridgehead atoms. The molecular formula is C21H33N5O2. The maximum absolute atomic E-state index is 5.38. The van der Waals surface area contributed by atoms with Crippen molar-refractivity contribution in [1.29, 1.82) is 0 Å². The normalized spacial score (nSPS) is 11.4. The summed E-state index contributed by atoms with van der Waals surface area (Å²) in [6.45, 7) is 4.80. The molecule has 2 aromatic rings. The number of nitrogens with one attached hydrogen (secondary N) is 1. The number of hydrogen-bond donors (Lipinski definition) is 1.